The zero-order valence-electron chi connectivity index (χ0n) is 13.3. The molecule has 0 unspecified atom stereocenters. The molecule has 6 nitrogen and oxygen atoms in total. The molecule has 1 aliphatic rings. The molecule has 0 saturated carbocycles. The fourth-order valence-corrected chi connectivity index (χ4v) is 2.24. The highest BCUT2D eigenvalue weighted by Crippen LogP contribution is 2.13. The van der Waals surface area contributed by atoms with Crippen molar-refractivity contribution in [2.24, 2.45) is 0 Å². The Balaban J connectivity index is 2.22. The van der Waals surface area contributed by atoms with Gasteiger partial charge in [-0.2, -0.15) is 0 Å². The number of likely N-dealkylation sites (tertiary alicyclic amines) is 1. The van der Waals surface area contributed by atoms with Crippen LogP contribution >= 0.6 is 0 Å². The molecule has 3 amide bonds. The van der Waals surface area contributed by atoms with E-state index < -0.39 is 0 Å². The minimum Gasteiger partial charge on any atom is -0.354 e. The van der Waals surface area contributed by atoms with E-state index in [-0.39, 0.29) is 36.2 Å². The predicted molar refractivity (Wildman–Crippen MR) is 80.6 cm³/mol. The van der Waals surface area contributed by atoms with Gasteiger partial charge in [0.1, 0.15) is 0 Å². The molecule has 0 aromatic heterocycles. The summed E-state index contributed by atoms with van der Waals surface area (Å²) in [5, 5.41) is 5.68. The van der Waals surface area contributed by atoms with Crippen molar-refractivity contribution in [3.63, 3.8) is 0 Å². The van der Waals surface area contributed by atoms with Gasteiger partial charge in [-0.15, -0.1) is 0 Å². The molecular formula is C15H27N3O3. The van der Waals surface area contributed by atoms with Crippen molar-refractivity contribution in [1.82, 2.24) is 15.5 Å². The molecule has 120 valence electrons. The Morgan fingerprint density at radius 3 is 2.43 bits per heavy atom. The van der Waals surface area contributed by atoms with Crippen molar-refractivity contribution in [2.45, 2.75) is 58.4 Å². The number of hydrogen-bond donors (Lipinski definition) is 2. The normalized spacial score (nSPS) is 15.2. The standard InChI is InChI=1S/C15H27N3O3/c1-4-15(3,5-2)17-12(19)8-9-16-13(20)11-18-10-6-7-14(18)21/h4-11H2,1-3H3,(H,16,20)(H,17,19). The monoisotopic (exact) mass is 297 g/mol. The molecule has 0 atom stereocenters. The molecule has 2 N–H and O–H groups in total. The summed E-state index contributed by atoms with van der Waals surface area (Å²) in [7, 11) is 0. The average Bonchev–Trinajstić information content (AvgIpc) is 2.84. The van der Waals surface area contributed by atoms with Crippen LogP contribution in [0.4, 0.5) is 0 Å². The first kappa shape index (κ1) is 17.5. The third kappa shape index (κ3) is 5.73. The first-order valence-electron chi connectivity index (χ1n) is 7.75. The molecule has 0 aromatic rings. The zero-order chi connectivity index (χ0) is 15.9. The molecule has 1 saturated heterocycles. The van der Waals surface area contributed by atoms with Crippen molar-refractivity contribution < 1.29 is 14.4 Å². The lowest BCUT2D eigenvalue weighted by atomic mass is 9.95. The second kappa shape index (κ2) is 8.00. The van der Waals surface area contributed by atoms with E-state index in [4.69, 9.17) is 0 Å². The number of hydrogen-bond acceptors (Lipinski definition) is 3. The number of amides is 3. The predicted octanol–water partition coefficient (Wildman–Crippen LogP) is 0.810. The van der Waals surface area contributed by atoms with Crippen molar-refractivity contribution in [1.29, 1.82) is 0 Å². The van der Waals surface area contributed by atoms with Gasteiger partial charge in [-0.25, -0.2) is 0 Å². The van der Waals surface area contributed by atoms with Crippen LogP contribution < -0.4 is 10.6 Å². The fourth-order valence-electron chi connectivity index (χ4n) is 2.24. The van der Waals surface area contributed by atoms with Crippen LogP contribution in [-0.4, -0.2) is 47.8 Å². The van der Waals surface area contributed by atoms with E-state index in [9.17, 15) is 14.4 Å². The summed E-state index contributed by atoms with van der Waals surface area (Å²) in [6, 6.07) is 0. The van der Waals surface area contributed by atoms with Gasteiger partial charge in [-0.05, 0) is 26.2 Å². The fraction of sp³-hybridized carbons (Fsp3) is 0.800. The van der Waals surface area contributed by atoms with E-state index >= 15 is 0 Å². The topological polar surface area (TPSA) is 78.5 Å². The summed E-state index contributed by atoms with van der Waals surface area (Å²) in [6.07, 6.45) is 3.36. The van der Waals surface area contributed by atoms with E-state index in [1.807, 2.05) is 20.8 Å². The first-order chi connectivity index (χ1) is 9.90. The molecule has 1 rings (SSSR count). The summed E-state index contributed by atoms with van der Waals surface area (Å²) in [4.78, 5) is 36.5. The van der Waals surface area contributed by atoms with Gasteiger partial charge < -0.3 is 15.5 Å². The molecular weight excluding hydrogens is 270 g/mol. The van der Waals surface area contributed by atoms with Crippen molar-refractivity contribution >= 4 is 17.7 Å². The summed E-state index contributed by atoms with van der Waals surface area (Å²) < 4.78 is 0. The second-order valence-electron chi connectivity index (χ2n) is 5.83. The Morgan fingerprint density at radius 1 is 1.24 bits per heavy atom. The number of carbonyl (C=O) groups is 3. The van der Waals surface area contributed by atoms with Crippen LogP contribution in [0.1, 0.15) is 52.9 Å². The van der Waals surface area contributed by atoms with Crippen LogP contribution in [0, 0.1) is 0 Å². The Labute approximate surface area is 126 Å². The first-order valence-corrected chi connectivity index (χ1v) is 7.75. The lowest BCUT2D eigenvalue weighted by Gasteiger charge is -2.28. The van der Waals surface area contributed by atoms with Crippen molar-refractivity contribution in [3.05, 3.63) is 0 Å². The Kier molecular flexibility index (Phi) is 6.65. The van der Waals surface area contributed by atoms with Gasteiger partial charge in [-0.1, -0.05) is 13.8 Å². The van der Waals surface area contributed by atoms with Crippen molar-refractivity contribution in [3.8, 4) is 0 Å². The molecule has 6 heteroatoms. The van der Waals surface area contributed by atoms with Gasteiger partial charge in [0, 0.05) is 31.5 Å². The molecule has 0 radical (unpaired) electrons. The Bertz CT molecular complexity index is 392. The van der Waals surface area contributed by atoms with Gasteiger partial charge in [0.05, 0.1) is 6.54 Å². The van der Waals surface area contributed by atoms with E-state index in [1.165, 1.54) is 0 Å². The summed E-state index contributed by atoms with van der Waals surface area (Å²) >= 11 is 0. The van der Waals surface area contributed by atoms with Crippen LogP contribution in [0.2, 0.25) is 0 Å². The van der Waals surface area contributed by atoms with Crippen molar-refractivity contribution in [2.75, 3.05) is 19.6 Å². The summed E-state index contributed by atoms with van der Waals surface area (Å²) in [6.45, 7) is 7.15. The third-order valence-corrected chi connectivity index (χ3v) is 4.18. The van der Waals surface area contributed by atoms with Crippen LogP contribution in [0.5, 0.6) is 0 Å². The third-order valence-electron chi connectivity index (χ3n) is 4.18. The number of carbonyl (C=O) groups excluding carboxylic acids is 3. The molecule has 1 aliphatic heterocycles. The molecule has 0 aliphatic carbocycles. The van der Waals surface area contributed by atoms with Crippen LogP contribution in [0.3, 0.4) is 0 Å². The average molecular weight is 297 g/mol. The summed E-state index contributed by atoms with van der Waals surface area (Å²) in [5.74, 6) is -0.227. The molecule has 21 heavy (non-hydrogen) atoms. The van der Waals surface area contributed by atoms with E-state index in [2.05, 4.69) is 10.6 Å². The Hall–Kier alpha value is -1.59. The number of rotatable bonds is 8. The SMILES string of the molecule is CCC(C)(CC)NC(=O)CCNC(=O)CN1CCCC1=O. The maximum Gasteiger partial charge on any atom is 0.239 e. The summed E-state index contributed by atoms with van der Waals surface area (Å²) in [5.41, 5.74) is -0.178. The maximum absolute atomic E-state index is 11.8. The van der Waals surface area contributed by atoms with Gasteiger partial charge in [0.25, 0.3) is 0 Å². The maximum atomic E-state index is 11.8. The largest absolute Gasteiger partial charge is 0.354 e. The quantitative estimate of drug-likeness (QED) is 0.696. The van der Waals surface area contributed by atoms with E-state index in [1.54, 1.807) is 4.90 Å². The smallest absolute Gasteiger partial charge is 0.239 e. The van der Waals surface area contributed by atoms with Gasteiger partial charge in [-0.3, -0.25) is 14.4 Å². The Morgan fingerprint density at radius 2 is 1.90 bits per heavy atom. The molecule has 1 fully saturated rings. The molecule has 0 spiro atoms. The highest BCUT2D eigenvalue weighted by Gasteiger charge is 2.23. The van der Waals surface area contributed by atoms with Gasteiger partial charge in [0.15, 0.2) is 0 Å². The highest BCUT2D eigenvalue weighted by molar-refractivity contribution is 5.86. The second-order valence-corrected chi connectivity index (χ2v) is 5.83. The lowest BCUT2D eigenvalue weighted by Crippen LogP contribution is -2.46. The van der Waals surface area contributed by atoms with Crippen LogP contribution in [0.25, 0.3) is 0 Å². The minimum atomic E-state index is -0.202. The number of nitrogens with zero attached hydrogens (tertiary/aromatic N) is 1. The van der Waals surface area contributed by atoms with Crippen LogP contribution in [0.15, 0.2) is 0 Å². The van der Waals surface area contributed by atoms with Gasteiger partial charge in [0.2, 0.25) is 17.7 Å². The van der Waals surface area contributed by atoms with Gasteiger partial charge >= 0.3 is 0 Å². The molecule has 0 aromatic carbocycles. The molecule has 1 heterocycles. The zero-order valence-corrected chi connectivity index (χ0v) is 13.3. The lowest BCUT2D eigenvalue weighted by molar-refractivity contribution is -0.133. The van der Waals surface area contributed by atoms with E-state index in [0.29, 0.717) is 19.5 Å². The van der Waals surface area contributed by atoms with Crippen LogP contribution in [-0.2, 0) is 14.4 Å². The van der Waals surface area contributed by atoms with E-state index in [0.717, 1.165) is 19.3 Å². The minimum absolute atomic E-state index is 0.0320. The number of nitrogens with one attached hydrogen (secondary N) is 2. The molecule has 0 bridgehead atoms. The highest BCUT2D eigenvalue weighted by atomic mass is 16.2.